The van der Waals surface area contributed by atoms with Gasteiger partial charge in [-0.1, -0.05) is 12.1 Å². The number of likely N-dealkylation sites (tertiary alicyclic amines) is 2. The van der Waals surface area contributed by atoms with Gasteiger partial charge in [0.2, 0.25) is 5.95 Å². The number of nitrogens with two attached hydrogens (primary N) is 1. The summed E-state index contributed by atoms with van der Waals surface area (Å²) in [6.07, 6.45) is 4.08. The van der Waals surface area contributed by atoms with Gasteiger partial charge in [0.25, 0.3) is 5.92 Å². The van der Waals surface area contributed by atoms with E-state index in [-0.39, 0.29) is 18.3 Å². The van der Waals surface area contributed by atoms with Crippen molar-refractivity contribution in [1.82, 2.24) is 29.5 Å². The van der Waals surface area contributed by atoms with Gasteiger partial charge in [0, 0.05) is 55.7 Å². The zero-order chi connectivity index (χ0) is 26.2. The lowest BCUT2D eigenvalue weighted by atomic mass is 9.71. The number of aromatic nitrogens is 4. The van der Waals surface area contributed by atoms with Crippen LogP contribution in [0.5, 0.6) is 5.75 Å². The number of halogens is 2. The van der Waals surface area contributed by atoms with Crippen LogP contribution in [0.2, 0.25) is 0 Å². The quantitative estimate of drug-likeness (QED) is 0.464. The summed E-state index contributed by atoms with van der Waals surface area (Å²) >= 11 is 0. The van der Waals surface area contributed by atoms with E-state index in [0.717, 1.165) is 36.5 Å². The van der Waals surface area contributed by atoms with E-state index in [4.69, 9.17) is 10.5 Å². The molecule has 38 heavy (non-hydrogen) atoms. The lowest BCUT2D eigenvalue weighted by Crippen LogP contribution is -2.43. The Bertz CT molecular complexity index is 1380. The van der Waals surface area contributed by atoms with E-state index >= 15 is 0 Å². The van der Waals surface area contributed by atoms with Crippen LogP contribution in [0.3, 0.4) is 0 Å². The lowest BCUT2D eigenvalue weighted by molar-refractivity contribution is 0.00528. The van der Waals surface area contributed by atoms with Gasteiger partial charge in [0.1, 0.15) is 16.8 Å². The summed E-state index contributed by atoms with van der Waals surface area (Å²) in [4.78, 5) is 13.8. The summed E-state index contributed by atoms with van der Waals surface area (Å²) in [6, 6.07) is 7.72. The molecule has 7 rings (SSSR count). The van der Waals surface area contributed by atoms with Crippen LogP contribution in [0.1, 0.15) is 36.8 Å². The maximum Gasteiger partial charge on any atom is 0.254 e. The fraction of sp³-hybridized carbons (Fsp3) is 0.593. The number of ether oxygens (including phenoxy) is 1. The van der Waals surface area contributed by atoms with Crippen LogP contribution in [0.15, 0.2) is 24.4 Å². The normalized spacial score (nSPS) is 29.7. The summed E-state index contributed by atoms with van der Waals surface area (Å²) in [5, 5.41) is 7.92. The van der Waals surface area contributed by atoms with Gasteiger partial charge in [-0.05, 0) is 43.9 Å². The van der Waals surface area contributed by atoms with Crippen LogP contribution < -0.4 is 15.8 Å². The molecule has 3 aromatic rings. The van der Waals surface area contributed by atoms with E-state index in [1.165, 1.54) is 12.0 Å². The minimum absolute atomic E-state index is 0.0328. The summed E-state index contributed by atoms with van der Waals surface area (Å²) < 4.78 is 34.8. The van der Waals surface area contributed by atoms with Gasteiger partial charge >= 0.3 is 0 Å². The first-order chi connectivity index (χ1) is 18.2. The zero-order valence-corrected chi connectivity index (χ0v) is 21.8. The van der Waals surface area contributed by atoms with E-state index in [0.29, 0.717) is 49.3 Å². The molecule has 0 amide bonds. The number of methoxy groups -OCH3 is 1. The molecule has 3 N–H and O–H groups in total. The van der Waals surface area contributed by atoms with Gasteiger partial charge < -0.3 is 20.7 Å². The number of nitrogen functional groups attached to an aromatic ring is 1. The number of nitrogens with zero attached hydrogens (tertiary/aromatic N) is 6. The molecule has 0 unspecified atom stereocenters. The van der Waals surface area contributed by atoms with Crippen LogP contribution in [-0.4, -0.2) is 81.3 Å². The highest BCUT2D eigenvalue weighted by molar-refractivity contribution is 5.86. The van der Waals surface area contributed by atoms with Crippen molar-refractivity contribution in [1.29, 1.82) is 0 Å². The second-order valence-corrected chi connectivity index (χ2v) is 11.8. The van der Waals surface area contributed by atoms with E-state index in [1.54, 1.807) is 13.3 Å². The molecule has 1 spiro atoms. The van der Waals surface area contributed by atoms with Crippen LogP contribution in [0.4, 0.5) is 20.5 Å². The van der Waals surface area contributed by atoms with Crippen molar-refractivity contribution in [2.45, 2.75) is 56.8 Å². The first-order valence-electron chi connectivity index (χ1n) is 13.4. The molecule has 2 aliphatic heterocycles. The van der Waals surface area contributed by atoms with E-state index in [9.17, 15) is 8.78 Å². The number of hydrogen-bond acceptors (Lipinski definition) is 8. The number of piperazine rings is 1. The van der Waals surface area contributed by atoms with Gasteiger partial charge in [0.05, 0.1) is 19.9 Å². The molecular weight excluding hydrogens is 490 g/mol. The largest absolute Gasteiger partial charge is 0.496 e. The first-order valence-corrected chi connectivity index (χ1v) is 13.4. The maximum atomic E-state index is 13.6. The molecule has 2 aliphatic carbocycles. The highest BCUT2D eigenvalue weighted by Crippen LogP contribution is 2.72. The van der Waals surface area contributed by atoms with Crippen molar-refractivity contribution in [3.8, 4) is 5.75 Å². The Morgan fingerprint density at radius 3 is 2.66 bits per heavy atom. The molecule has 202 valence electrons. The molecule has 1 aromatic carbocycles. The van der Waals surface area contributed by atoms with Gasteiger partial charge in [-0.2, -0.15) is 10.1 Å². The standard InChI is InChI=1S/C27H34F2N8O/c1-35-13-20-6-19(35)14-36(20)11-16-3-4-18(22(5-16)38-2)12-37-23-21(10-32-37)33-25(30)34-24(23)31-9-17-7-26(8-17)15-27(26,28)29/h3-5,10,17,19-20H,6-9,11-15H2,1-2H3,(H3,30,31,33,34)/t17?,19-,20-,26?/m1/s1. The molecule has 11 heteroatoms. The Labute approximate surface area is 220 Å². The lowest BCUT2D eigenvalue weighted by Gasteiger charge is -2.36. The van der Waals surface area contributed by atoms with E-state index in [2.05, 4.69) is 55.4 Å². The fourth-order valence-electron chi connectivity index (χ4n) is 7.07. The maximum absolute atomic E-state index is 13.6. The average molecular weight is 525 g/mol. The number of alkyl halides is 2. The molecule has 9 nitrogen and oxygen atoms in total. The molecule has 2 saturated heterocycles. The predicted molar refractivity (Wildman–Crippen MR) is 140 cm³/mol. The molecule has 4 fully saturated rings. The van der Waals surface area contributed by atoms with Gasteiger partial charge in [-0.3, -0.25) is 9.58 Å². The summed E-state index contributed by atoms with van der Waals surface area (Å²) in [5.74, 6) is -0.720. The van der Waals surface area contributed by atoms with Crippen molar-refractivity contribution in [3.63, 3.8) is 0 Å². The van der Waals surface area contributed by atoms with Crippen molar-refractivity contribution in [2.75, 3.05) is 44.8 Å². The number of likely N-dealkylation sites (N-methyl/N-ethyl adjacent to an activating group) is 1. The second-order valence-electron chi connectivity index (χ2n) is 11.8. The molecular formula is C27H34F2N8O. The zero-order valence-electron chi connectivity index (χ0n) is 21.8. The minimum Gasteiger partial charge on any atom is -0.496 e. The molecule has 2 saturated carbocycles. The Kier molecular flexibility index (Phi) is 5.36. The van der Waals surface area contributed by atoms with Crippen LogP contribution in [-0.2, 0) is 13.1 Å². The number of anilines is 2. The summed E-state index contributed by atoms with van der Waals surface area (Å²) in [7, 11) is 3.92. The number of nitrogens with one attached hydrogen (secondary N) is 1. The van der Waals surface area contributed by atoms with Gasteiger partial charge in [0.15, 0.2) is 5.82 Å². The third kappa shape index (κ3) is 3.89. The molecule has 2 bridgehead atoms. The number of hydrogen-bond donors (Lipinski definition) is 2. The van der Waals surface area contributed by atoms with Crippen LogP contribution >= 0.6 is 0 Å². The Morgan fingerprint density at radius 1 is 1.16 bits per heavy atom. The Hall–Kier alpha value is -3.05. The predicted octanol–water partition coefficient (Wildman–Crippen LogP) is 3.20. The topological polar surface area (TPSA) is 97.4 Å². The first kappa shape index (κ1) is 24.0. The van der Waals surface area contributed by atoms with E-state index < -0.39 is 11.3 Å². The summed E-state index contributed by atoms with van der Waals surface area (Å²) in [5.41, 5.74) is 8.85. The summed E-state index contributed by atoms with van der Waals surface area (Å²) in [6.45, 7) is 4.23. The van der Waals surface area contributed by atoms with Crippen molar-refractivity contribution < 1.29 is 13.5 Å². The molecule has 4 heterocycles. The Balaban J connectivity index is 1.08. The van der Waals surface area contributed by atoms with Gasteiger partial charge in [-0.25, -0.2) is 13.8 Å². The Morgan fingerprint density at radius 2 is 1.97 bits per heavy atom. The highest BCUT2D eigenvalue weighted by atomic mass is 19.3. The molecule has 2 atom stereocenters. The van der Waals surface area contributed by atoms with Crippen molar-refractivity contribution in [2.24, 2.45) is 11.3 Å². The van der Waals surface area contributed by atoms with E-state index in [1.807, 2.05) is 4.68 Å². The number of rotatable bonds is 8. The van der Waals surface area contributed by atoms with Crippen LogP contribution in [0.25, 0.3) is 11.0 Å². The average Bonchev–Trinajstić information content (AvgIpc) is 3.24. The van der Waals surface area contributed by atoms with Gasteiger partial charge in [-0.15, -0.1) is 0 Å². The minimum atomic E-state index is -2.48. The molecule has 2 aromatic heterocycles. The third-order valence-corrected chi connectivity index (χ3v) is 9.32. The number of fused-ring (bicyclic) bond motifs is 3. The molecule has 0 radical (unpaired) electrons. The number of benzene rings is 1. The molecule has 4 aliphatic rings. The third-order valence-electron chi connectivity index (χ3n) is 9.32. The van der Waals surface area contributed by atoms with Crippen molar-refractivity contribution >= 4 is 22.8 Å². The van der Waals surface area contributed by atoms with Crippen molar-refractivity contribution in [3.05, 3.63) is 35.5 Å². The second kappa shape index (κ2) is 8.47. The smallest absolute Gasteiger partial charge is 0.254 e. The fourth-order valence-corrected chi connectivity index (χ4v) is 7.07. The monoisotopic (exact) mass is 524 g/mol. The SMILES string of the molecule is COc1cc(CN2C[C@H]3C[C@@H]2CN3C)ccc1Cn1ncc2nc(N)nc(NCC3CC4(C3)CC4(F)F)c21. The van der Waals surface area contributed by atoms with Crippen LogP contribution in [0, 0.1) is 11.3 Å². The highest BCUT2D eigenvalue weighted by Gasteiger charge is 2.75.